The Hall–Kier alpha value is -1.55. The van der Waals surface area contributed by atoms with Crippen LogP contribution in [-0.2, 0) is 0 Å². The Kier molecular flexibility index (Phi) is 3.10. The maximum absolute atomic E-state index is 5.54. The second-order valence-corrected chi connectivity index (χ2v) is 4.68. The molecule has 0 saturated carbocycles. The lowest BCUT2D eigenvalue weighted by atomic mass is 10.2. The molecule has 2 N–H and O–H groups in total. The van der Waals surface area contributed by atoms with E-state index >= 15 is 0 Å². The van der Waals surface area contributed by atoms with Crippen molar-refractivity contribution in [1.82, 2.24) is 9.97 Å². The number of aromatic nitrogens is 2. The summed E-state index contributed by atoms with van der Waals surface area (Å²) in [5, 5.41) is 0.723. The van der Waals surface area contributed by atoms with E-state index in [4.69, 9.17) is 5.73 Å². The van der Waals surface area contributed by atoms with Crippen LogP contribution in [0.1, 0.15) is 11.1 Å². The predicted molar refractivity (Wildman–Crippen MR) is 66.5 cm³/mol. The van der Waals surface area contributed by atoms with E-state index in [9.17, 15) is 0 Å². The van der Waals surface area contributed by atoms with Crippen LogP contribution in [0.15, 0.2) is 40.6 Å². The van der Waals surface area contributed by atoms with E-state index < -0.39 is 0 Å². The van der Waals surface area contributed by atoms with Crippen LogP contribution in [0.4, 0.5) is 5.69 Å². The van der Waals surface area contributed by atoms with Gasteiger partial charge in [0.2, 0.25) is 0 Å². The van der Waals surface area contributed by atoms with E-state index in [1.165, 1.54) is 16.0 Å². The van der Waals surface area contributed by atoms with E-state index in [0.29, 0.717) is 5.69 Å². The summed E-state index contributed by atoms with van der Waals surface area (Å²) in [5.41, 5.74) is 8.63. The summed E-state index contributed by atoms with van der Waals surface area (Å²) in [5.74, 6) is 0. The van der Waals surface area contributed by atoms with Crippen molar-refractivity contribution in [2.45, 2.75) is 23.9 Å². The van der Waals surface area contributed by atoms with Crippen LogP contribution in [0.25, 0.3) is 0 Å². The maximum atomic E-state index is 5.54. The summed E-state index contributed by atoms with van der Waals surface area (Å²) in [6.07, 6.45) is 3.25. The van der Waals surface area contributed by atoms with Gasteiger partial charge in [-0.3, -0.25) is 0 Å². The van der Waals surface area contributed by atoms with Gasteiger partial charge < -0.3 is 5.73 Å². The normalized spacial score (nSPS) is 10.4. The highest BCUT2D eigenvalue weighted by Gasteiger charge is 2.03. The molecule has 0 radical (unpaired) electrons. The quantitative estimate of drug-likeness (QED) is 0.807. The highest BCUT2D eigenvalue weighted by atomic mass is 32.2. The number of hydrogen-bond donors (Lipinski definition) is 1. The Bertz CT molecular complexity index is 494. The van der Waals surface area contributed by atoms with Crippen molar-refractivity contribution in [3.8, 4) is 0 Å². The number of aryl methyl sites for hydroxylation is 2. The van der Waals surface area contributed by atoms with Crippen LogP contribution < -0.4 is 5.73 Å². The molecule has 1 heterocycles. The maximum Gasteiger partial charge on any atom is 0.192 e. The van der Waals surface area contributed by atoms with Crippen molar-refractivity contribution in [2.24, 2.45) is 0 Å². The molecule has 0 amide bonds. The summed E-state index contributed by atoms with van der Waals surface area (Å²) < 4.78 is 0. The zero-order valence-corrected chi connectivity index (χ0v) is 10.1. The van der Waals surface area contributed by atoms with Crippen LogP contribution >= 0.6 is 11.8 Å². The zero-order chi connectivity index (χ0) is 11.5. The number of benzene rings is 1. The molecule has 0 atom stereocenters. The molecular formula is C12H13N3S. The van der Waals surface area contributed by atoms with Crippen molar-refractivity contribution >= 4 is 17.4 Å². The topological polar surface area (TPSA) is 51.8 Å². The van der Waals surface area contributed by atoms with Gasteiger partial charge in [-0.25, -0.2) is 9.97 Å². The number of nitrogens with zero attached hydrogens (tertiary/aromatic N) is 2. The molecule has 1 aromatic heterocycles. The predicted octanol–water partition coefficient (Wildman–Crippen LogP) is 2.83. The third-order valence-electron chi connectivity index (χ3n) is 2.18. The minimum atomic E-state index is 0.588. The second kappa shape index (κ2) is 4.53. The molecule has 3 nitrogen and oxygen atoms in total. The van der Waals surface area contributed by atoms with Gasteiger partial charge in [-0.2, -0.15) is 0 Å². The summed E-state index contributed by atoms with van der Waals surface area (Å²) in [4.78, 5) is 9.50. The van der Waals surface area contributed by atoms with Gasteiger partial charge in [-0.15, -0.1) is 0 Å². The fourth-order valence-corrected chi connectivity index (χ4v) is 2.15. The molecule has 2 rings (SSSR count). The molecule has 0 aliphatic carbocycles. The van der Waals surface area contributed by atoms with Crippen molar-refractivity contribution in [3.63, 3.8) is 0 Å². The van der Waals surface area contributed by atoms with Crippen LogP contribution in [-0.4, -0.2) is 9.97 Å². The average Bonchev–Trinajstić information content (AvgIpc) is 2.25. The van der Waals surface area contributed by atoms with Crippen molar-refractivity contribution in [2.75, 3.05) is 5.73 Å². The average molecular weight is 231 g/mol. The van der Waals surface area contributed by atoms with E-state index in [2.05, 4.69) is 42.0 Å². The first-order valence-corrected chi connectivity index (χ1v) is 5.79. The summed E-state index contributed by atoms with van der Waals surface area (Å²) in [7, 11) is 0. The Balaban J connectivity index is 2.23. The fraction of sp³-hybridized carbons (Fsp3) is 0.167. The van der Waals surface area contributed by atoms with Gasteiger partial charge in [0.25, 0.3) is 0 Å². The van der Waals surface area contributed by atoms with Gasteiger partial charge in [0.1, 0.15) is 0 Å². The molecule has 0 aliphatic heterocycles. The first-order valence-electron chi connectivity index (χ1n) is 4.98. The molecule has 0 saturated heterocycles. The molecule has 2 aromatic rings. The SMILES string of the molecule is Cc1ccc(Sc2ncc(N)cn2)c(C)c1. The molecule has 0 aliphatic rings. The van der Waals surface area contributed by atoms with E-state index in [1.54, 1.807) is 24.2 Å². The monoisotopic (exact) mass is 231 g/mol. The molecule has 0 spiro atoms. The second-order valence-electron chi connectivity index (χ2n) is 3.67. The molecule has 0 unspecified atom stereocenters. The first-order chi connectivity index (χ1) is 7.65. The van der Waals surface area contributed by atoms with Crippen molar-refractivity contribution < 1.29 is 0 Å². The molecule has 82 valence electrons. The van der Waals surface area contributed by atoms with E-state index in [-0.39, 0.29) is 0 Å². The van der Waals surface area contributed by atoms with E-state index in [1.807, 2.05) is 0 Å². The molecule has 0 bridgehead atoms. The highest BCUT2D eigenvalue weighted by Crippen LogP contribution is 2.27. The van der Waals surface area contributed by atoms with Gasteiger partial charge in [0, 0.05) is 4.90 Å². The summed E-state index contributed by atoms with van der Waals surface area (Å²) >= 11 is 1.55. The number of rotatable bonds is 2. The van der Waals surface area contributed by atoms with Crippen LogP contribution in [0, 0.1) is 13.8 Å². The van der Waals surface area contributed by atoms with Crippen molar-refractivity contribution in [1.29, 1.82) is 0 Å². The standard InChI is InChI=1S/C12H13N3S/c1-8-3-4-11(9(2)5-8)16-12-14-6-10(13)7-15-12/h3-7H,13H2,1-2H3. The van der Waals surface area contributed by atoms with Gasteiger partial charge in [0.15, 0.2) is 5.16 Å². The zero-order valence-electron chi connectivity index (χ0n) is 9.27. The highest BCUT2D eigenvalue weighted by molar-refractivity contribution is 7.99. The molecule has 4 heteroatoms. The largest absolute Gasteiger partial charge is 0.396 e. The minimum Gasteiger partial charge on any atom is -0.396 e. The third kappa shape index (κ3) is 2.52. The van der Waals surface area contributed by atoms with Crippen molar-refractivity contribution in [3.05, 3.63) is 41.7 Å². The lowest BCUT2D eigenvalue weighted by Crippen LogP contribution is -1.91. The fourth-order valence-electron chi connectivity index (χ4n) is 1.39. The smallest absolute Gasteiger partial charge is 0.192 e. The Morgan fingerprint density at radius 3 is 2.44 bits per heavy atom. The van der Waals surface area contributed by atoms with Crippen LogP contribution in [0.3, 0.4) is 0 Å². The van der Waals surface area contributed by atoms with Gasteiger partial charge in [-0.1, -0.05) is 17.7 Å². The van der Waals surface area contributed by atoms with Gasteiger partial charge in [-0.05, 0) is 37.2 Å². The Morgan fingerprint density at radius 1 is 1.12 bits per heavy atom. The van der Waals surface area contributed by atoms with E-state index in [0.717, 1.165) is 5.16 Å². The number of hydrogen-bond acceptors (Lipinski definition) is 4. The molecular weight excluding hydrogens is 218 g/mol. The first kappa shape index (κ1) is 11.0. The summed E-state index contributed by atoms with van der Waals surface area (Å²) in [6, 6.07) is 6.33. The number of nitrogens with two attached hydrogens (primary N) is 1. The van der Waals surface area contributed by atoms with Gasteiger partial charge >= 0.3 is 0 Å². The lowest BCUT2D eigenvalue weighted by molar-refractivity contribution is 0.970. The van der Waals surface area contributed by atoms with Crippen LogP contribution in [0.5, 0.6) is 0 Å². The lowest BCUT2D eigenvalue weighted by Gasteiger charge is -2.05. The molecule has 16 heavy (non-hydrogen) atoms. The Labute approximate surface area is 99.1 Å². The number of nitrogen functional groups attached to an aromatic ring is 1. The van der Waals surface area contributed by atoms with Crippen LogP contribution in [0.2, 0.25) is 0 Å². The molecule has 0 fully saturated rings. The molecule has 1 aromatic carbocycles. The number of anilines is 1. The van der Waals surface area contributed by atoms with Gasteiger partial charge in [0.05, 0.1) is 18.1 Å². The third-order valence-corrected chi connectivity index (χ3v) is 3.25. The minimum absolute atomic E-state index is 0.588. The summed E-state index contributed by atoms with van der Waals surface area (Å²) in [6.45, 7) is 4.17. The Morgan fingerprint density at radius 2 is 1.81 bits per heavy atom.